The van der Waals surface area contributed by atoms with E-state index in [9.17, 15) is 9.50 Å². The van der Waals surface area contributed by atoms with Gasteiger partial charge in [-0.2, -0.15) is 11.8 Å². The number of methoxy groups -OCH3 is 1. The average Bonchev–Trinajstić information content (AvgIpc) is 2.36. The molecular weight excluding hydrogens is 265 g/mol. The molecule has 0 saturated heterocycles. The van der Waals surface area contributed by atoms with E-state index < -0.39 is 5.60 Å². The molecular formula is C14H22FNO2S. The molecule has 0 radical (unpaired) electrons. The minimum absolute atomic E-state index is 0.0165. The average molecular weight is 287 g/mol. The Morgan fingerprint density at radius 3 is 2.79 bits per heavy atom. The van der Waals surface area contributed by atoms with Crippen molar-refractivity contribution in [3.63, 3.8) is 0 Å². The van der Waals surface area contributed by atoms with Crippen molar-refractivity contribution in [1.29, 1.82) is 0 Å². The first-order chi connectivity index (χ1) is 8.89. The summed E-state index contributed by atoms with van der Waals surface area (Å²) in [4.78, 5) is 0. The van der Waals surface area contributed by atoms with Crippen LogP contribution in [0.5, 0.6) is 5.75 Å². The molecule has 0 aromatic heterocycles. The normalized spacial score (nSPS) is 15.9. The van der Waals surface area contributed by atoms with Gasteiger partial charge < -0.3 is 15.2 Å². The zero-order valence-corrected chi connectivity index (χ0v) is 12.7. The summed E-state index contributed by atoms with van der Waals surface area (Å²) in [6.45, 7) is 4.25. The Hall–Kier alpha value is -0.780. The molecule has 0 saturated carbocycles. The lowest BCUT2D eigenvalue weighted by atomic mass is 10.1. The van der Waals surface area contributed by atoms with E-state index in [4.69, 9.17) is 4.74 Å². The predicted molar refractivity (Wildman–Crippen MR) is 78.4 cm³/mol. The molecule has 0 aliphatic rings. The molecule has 0 amide bonds. The van der Waals surface area contributed by atoms with Gasteiger partial charge >= 0.3 is 0 Å². The Morgan fingerprint density at radius 2 is 2.21 bits per heavy atom. The van der Waals surface area contributed by atoms with E-state index in [-0.39, 0.29) is 17.6 Å². The SMILES string of the molecule is COc1cc(C(C)NCC(C)(O)CSC)ccc1F. The number of hydrogen-bond donors (Lipinski definition) is 2. The van der Waals surface area contributed by atoms with Gasteiger partial charge in [-0.25, -0.2) is 4.39 Å². The summed E-state index contributed by atoms with van der Waals surface area (Å²) in [5, 5.41) is 13.3. The minimum Gasteiger partial charge on any atom is -0.494 e. The van der Waals surface area contributed by atoms with Crippen LogP contribution in [0.2, 0.25) is 0 Å². The molecule has 0 heterocycles. The summed E-state index contributed by atoms with van der Waals surface area (Å²) in [5.41, 5.74) is 0.177. The summed E-state index contributed by atoms with van der Waals surface area (Å²) >= 11 is 1.60. The van der Waals surface area contributed by atoms with E-state index in [0.717, 1.165) is 5.56 Å². The van der Waals surface area contributed by atoms with E-state index in [1.165, 1.54) is 13.2 Å². The van der Waals surface area contributed by atoms with Crippen molar-refractivity contribution >= 4 is 11.8 Å². The van der Waals surface area contributed by atoms with Gasteiger partial charge in [-0.1, -0.05) is 6.07 Å². The summed E-state index contributed by atoms with van der Waals surface area (Å²) in [7, 11) is 1.45. The number of ether oxygens (including phenoxy) is 1. The number of nitrogens with one attached hydrogen (secondary N) is 1. The molecule has 19 heavy (non-hydrogen) atoms. The second kappa shape index (κ2) is 7.12. The molecule has 0 fully saturated rings. The van der Waals surface area contributed by atoms with E-state index in [2.05, 4.69) is 5.32 Å². The Balaban J connectivity index is 2.65. The first-order valence-corrected chi connectivity index (χ1v) is 7.57. The van der Waals surface area contributed by atoms with Gasteiger partial charge in [0, 0.05) is 18.3 Å². The smallest absolute Gasteiger partial charge is 0.165 e. The van der Waals surface area contributed by atoms with Crippen LogP contribution >= 0.6 is 11.8 Å². The monoisotopic (exact) mass is 287 g/mol. The number of halogens is 1. The van der Waals surface area contributed by atoms with E-state index >= 15 is 0 Å². The zero-order valence-electron chi connectivity index (χ0n) is 11.9. The lowest BCUT2D eigenvalue weighted by Crippen LogP contribution is -2.40. The van der Waals surface area contributed by atoms with Crippen LogP contribution in [0.4, 0.5) is 4.39 Å². The van der Waals surface area contributed by atoms with Crippen molar-refractivity contribution in [2.45, 2.75) is 25.5 Å². The lowest BCUT2D eigenvalue weighted by molar-refractivity contribution is 0.0820. The second-order valence-corrected chi connectivity index (χ2v) is 5.79. The highest BCUT2D eigenvalue weighted by molar-refractivity contribution is 7.98. The molecule has 0 aliphatic heterocycles. The molecule has 0 aliphatic carbocycles. The van der Waals surface area contributed by atoms with Gasteiger partial charge in [0.15, 0.2) is 11.6 Å². The Bertz CT molecular complexity index is 412. The second-order valence-electron chi connectivity index (χ2n) is 4.93. The quantitative estimate of drug-likeness (QED) is 0.809. The molecule has 5 heteroatoms. The van der Waals surface area contributed by atoms with Gasteiger partial charge in [0.25, 0.3) is 0 Å². The van der Waals surface area contributed by atoms with Crippen molar-refractivity contribution in [2.24, 2.45) is 0 Å². The molecule has 3 nitrogen and oxygen atoms in total. The van der Waals surface area contributed by atoms with Gasteiger partial charge in [0.2, 0.25) is 0 Å². The highest BCUT2D eigenvalue weighted by atomic mass is 32.2. The molecule has 1 rings (SSSR count). The van der Waals surface area contributed by atoms with Crippen molar-refractivity contribution in [1.82, 2.24) is 5.32 Å². The molecule has 0 bridgehead atoms. The maximum atomic E-state index is 13.3. The Kier molecular flexibility index (Phi) is 6.10. The minimum atomic E-state index is -0.752. The van der Waals surface area contributed by atoms with Crippen LogP contribution < -0.4 is 10.1 Å². The highest BCUT2D eigenvalue weighted by Gasteiger charge is 2.20. The number of benzene rings is 1. The Labute approximate surface area is 118 Å². The fourth-order valence-corrected chi connectivity index (χ4v) is 2.52. The molecule has 1 aromatic rings. The number of hydrogen-bond acceptors (Lipinski definition) is 4. The molecule has 2 atom stereocenters. The van der Waals surface area contributed by atoms with Gasteiger partial charge in [0.1, 0.15) is 0 Å². The van der Waals surface area contributed by atoms with Gasteiger partial charge in [-0.15, -0.1) is 0 Å². The third-order valence-corrected chi connectivity index (χ3v) is 3.83. The van der Waals surface area contributed by atoms with Gasteiger partial charge in [-0.05, 0) is 37.8 Å². The van der Waals surface area contributed by atoms with Crippen LogP contribution in [0.3, 0.4) is 0 Å². The Morgan fingerprint density at radius 1 is 1.53 bits per heavy atom. The van der Waals surface area contributed by atoms with Crippen molar-refractivity contribution < 1.29 is 14.2 Å². The standard InChI is InChI=1S/C14H22FNO2S/c1-10(16-8-14(2,17)9-19-4)11-5-6-12(15)13(7-11)18-3/h5-7,10,16-17H,8-9H2,1-4H3. The van der Waals surface area contributed by atoms with Crippen LogP contribution in [0.25, 0.3) is 0 Å². The van der Waals surface area contributed by atoms with Crippen LogP contribution in [-0.2, 0) is 0 Å². The lowest BCUT2D eigenvalue weighted by Gasteiger charge is -2.25. The van der Waals surface area contributed by atoms with Crippen LogP contribution in [0.15, 0.2) is 18.2 Å². The first-order valence-electron chi connectivity index (χ1n) is 6.18. The summed E-state index contributed by atoms with van der Waals surface area (Å²) in [5.74, 6) is 0.536. The third-order valence-electron chi connectivity index (χ3n) is 2.92. The molecule has 2 N–H and O–H groups in total. The topological polar surface area (TPSA) is 41.5 Å². The molecule has 108 valence electrons. The van der Waals surface area contributed by atoms with E-state index in [1.807, 2.05) is 13.2 Å². The van der Waals surface area contributed by atoms with Crippen LogP contribution in [-0.4, -0.2) is 36.4 Å². The number of thioether (sulfide) groups is 1. The van der Waals surface area contributed by atoms with E-state index in [0.29, 0.717) is 12.3 Å². The maximum Gasteiger partial charge on any atom is 0.165 e. The zero-order chi connectivity index (χ0) is 14.5. The maximum absolute atomic E-state index is 13.3. The van der Waals surface area contributed by atoms with Crippen LogP contribution in [0, 0.1) is 5.82 Å². The molecule has 1 aromatic carbocycles. The largest absolute Gasteiger partial charge is 0.494 e. The van der Waals surface area contributed by atoms with Crippen LogP contribution in [0.1, 0.15) is 25.5 Å². The molecule has 2 unspecified atom stereocenters. The highest BCUT2D eigenvalue weighted by Crippen LogP contribution is 2.23. The first kappa shape index (κ1) is 16.3. The predicted octanol–water partition coefficient (Wildman–Crippen LogP) is 2.60. The fraction of sp³-hybridized carbons (Fsp3) is 0.571. The van der Waals surface area contributed by atoms with E-state index in [1.54, 1.807) is 30.8 Å². The van der Waals surface area contributed by atoms with Crippen molar-refractivity contribution in [2.75, 3.05) is 25.7 Å². The van der Waals surface area contributed by atoms with Gasteiger partial charge in [-0.3, -0.25) is 0 Å². The molecule has 0 spiro atoms. The number of aliphatic hydroxyl groups is 1. The summed E-state index contributed by atoms with van der Waals surface area (Å²) in [6, 6.07) is 4.81. The van der Waals surface area contributed by atoms with Crippen molar-refractivity contribution in [3.05, 3.63) is 29.6 Å². The fourth-order valence-electron chi connectivity index (χ4n) is 1.80. The van der Waals surface area contributed by atoms with Gasteiger partial charge in [0.05, 0.1) is 12.7 Å². The number of rotatable bonds is 7. The summed E-state index contributed by atoms with van der Waals surface area (Å²) < 4.78 is 18.3. The third kappa shape index (κ3) is 5.01. The summed E-state index contributed by atoms with van der Waals surface area (Å²) in [6.07, 6.45) is 1.96. The van der Waals surface area contributed by atoms with Crippen molar-refractivity contribution in [3.8, 4) is 5.75 Å².